The summed E-state index contributed by atoms with van der Waals surface area (Å²) in [7, 11) is 0. The Balaban J connectivity index is 0.00000242. The highest BCUT2D eigenvalue weighted by molar-refractivity contribution is 5.85. The number of rotatable bonds is 4. The van der Waals surface area contributed by atoms with Gasteiger partial charge in [-0.1, -0.05) is 26.0 Å². The Morgan fingerprint density at radius 1 is 1.45 bits per heavy atom. The van der Waals surface area contributed by atoms with Crippen molar-refractivity contribution in [1.82, 2.24) is 10.6 Å². The molecule has 0 saturated carbocycles. The Hall–Kier alpha value is -1.27. The van der Waals surface area contributed by atoms with E-state index in [2.05, 4.69) is 10.6 Å². The van der Waals surface area contributed by atoms with E-state index in [0.717, 1.165) is 5.56 Å². The number of carbonyl (C=O) groups is 1. The monoisotopic (exact) mass is 336 g/mol. The second kappa shape index (κ2) is 6.87. The molecule has 1 aromatic rings. The maximum Gasteiger partial charge on any atom is 0.262 e. The fourth-order valence-electron chi connectivity index (χ4n) is 2.34. The van der Waals surface area contributed by atoms with Gasteiger partial charge in [0.25, 0.3) is 5.92 Å². The molecule has 1 amide bonds. The van der Waals surface area contributed by atoms with Crippen molar-refractivity contribution in [2.45, 2.75) is 37.6 Å². The lowest BCUT2D eigenvalue weighted by molar-refractivity contribution is -0.123. The molecule has 1 saturated heterocycles. The fraction of sp³-hybridized carbons (Fsp3) is 0.533. The lowest BCUT2D eigenvalue weighted by atomic mass is 9.84. The van der Waals surface area contributed by atoms with Gasteiger partial charge >= 0.3 is 0 Å². The van der Waals surface area contributed by atoms with E-state index in [0.29, 0.717) is 0 Å². The SMILES string of the molecule is CC(C)(CNC(=O)C1CC(F)(F)CN1)c1cccc(F)c1.Cl. The van der Waals surface area contributed by atoms with E-state index >= 15 is 0 Å². The van der Waals surface area contributed by atoms with Crippen molar-refractivity contribution in [2.24, 2.45) is 0 Å². The van der Waals surface area contributed by atoms with Crippen LogP contribution < -0.4 is 10.6 Å². The lowest BCUT2D eigenvalue weighted by Crippen LogP contribution is -2.45. The zero-order chi connectivity index (χ0) is 15.7. The molecule has 124 valence electrons. The van der Waals surface area contributed by atoms with E-state index in [1.54, 1.807) is 12.1 Å². The minimum Gasteiger partial charge on any atom is -0.354 e. The second-order valence-electron chi connectivity index (χ2n) is 6.11. The number of hydrogen-bond acceptors (Lipinski definition) is 2. The third kappa shape index (κ3) is 4.61. The van der Waals surface area contributed by atoms with Gasteiger partial charge in [0, 0.05) is 18.4 Å². The predicted octanol–water partition coefficient (Wildman–Crippen LogP) is 2.64. The molecule has 1 aliphatic rings. The number of nitrogens with one attached hydrogen (secondary N) is 2. The van der Waals surface area contributed by atoms with E-state index < -0.39 is 36.3 Å². The second-order valence-corrected chi connectivity index (χ2v) is 6.11. The van der Waals surface area contributed by atoms with E-state index in [4.69, 9.17) is 0 Å². The van der Waals surface area contributed by atoms with Gasteiger partial charge in [-0.3, -0.25) is 10.1 Å². The number of amides is 1. The number of alkyl halides is 2. The van der Waals surface area contributed by atoms with E-state index in [1.165, 1.54) is 12.1 Å². The van der Waals surface area contributed by atoms with Gasteiger partial charge in [-0.05, 0) is 17.7 Å². The summed E-state index contributed by atoms with van der Waals surface area (Å²) in [6.07, 6.45) is -0.487. The lowest BCUT2D eigenvalue weighted by Gasteiger charge is -2.26. The van der Waals surface area contributed by atoms with Crippen LogP contribution in [0, 0.1) is 5.82 Å². The number of hydrogen-bond donors (Lipinski definition) is 2. The van der Waals surface area contributed by atoms with Crippen molar-refractivity contribution in [3.05, 3.63) is 35.6 Å². The summed E-state index contributed by atoms with van der Waals surface area (Å²) in [6, 6.07) is 5.27. The highest BCUT2D eigenvalue weighted by Gasteiger charge is 2.42. The summed E-state index contributed by atoms with van der Waals surface area (Å²) in [5, 5.41) is 5.17. The molecule has 1 atom stereocenters. The van der Waals surface area contributed by atoms with Gasteiger partial charge in [0.05, 0.1) is 12.6 Å². The van der Waals surface area contributed by atoms with Crippen LogP contribution in [-0.4, -0.2) is 31.0 Å². The normalized spacial score (nSPS) is 20.3. The smallest absolute Gasteiger partial charge is 0.262 e. The molecule has 1 unspecified atom stereocenters. The summed E-state index contributed by atoms with van der Waals surface area (Å²) in [5.74, 6) is -3.62. The average Bonchev–Trinajstić information content (AvgIpc) is 2.76. The van der Waals surface area contributed by atoms with E-state index in [1.807, 2.05) is 13.8 Å². The molecule has 0 bridgehead atoms. The molecule has 1 fully saturated rings. The summed E-state index contributed by atoms with van der Waals surface area (Å²) in [5.41, 5.74) is 0.256. The van der Waals surface area contributed by atoms with Crippen LogP contribution in [0.1, 0.15) is 25.8 Å². The Labute approximate surface area is 134 Å². The van der Waals surface area contributed by atoms with Crippen LogP contribution in [-0.2, 0) is 10.2 Å². The Kier molecular flexibility index (Phi) is 5.87. The van der Waals surface area contributed by atoms with Crippen molar-refractivity contribution in [2.75, 3.05) is 13.1 Å². The largest absolute Gasteiger partial charge is 0.354 e. The van der Waals surface area contributed by atoms with Gasteiger partial charge in [-0.25, -0.2) is 13.2 Å². The minimum atomic E-state index is -2.83. The first-order valence-corrected chi connectivity index (χ1v) is 6.85. The van der Waals surface area contributed by atoms with Gasteiger partial charge in [0.2, 0.25) is 5.91 Å². The van der Waals surface area contributed by atoms with E-state index in [-0.39, 0.29) is 24.8 Å². The molecule has 22 heavy (non-hydrogen) atoms. The van der Waals surface area contributed by atoms with Gasteiger partial charge in [0.15, 0.2) is 0 Å². The molecule has 0 radical (unpaired) electrons. The predicted molar refractivity (Wildman–Crippen MR) is 81.0 cm³/mol. The molecular formula is C15H20ClF3N2O. The third-order valence-electron chi connectivity index (χ3n) is 3.74. The van der Waals surface area contributed by atoms with E-state index in [9.17, 15) is 18.0 Å². The van der Waals surface area contributed by atoms with Crippen molar-refractivity contribution >= 4 is 18.3 Å². The molecule has 1 heterocycles. The molecular weight excluding hydrogens is 317 g/mol. The Morgan fingerprint density at radius 3 is 2.68 bits per heavy atom. The van der Waals surface area contributed by atoms with Crippen molar-refractivity contribution in [3.63, 3.8) is 0 Å². The van der Waals surface area contributed by atoms with Crippen LogP contribution in [0.15, 0.2) is 24.3 Å². The van der Waals surface area contributed by atoms with Crippen molar-refractivity contribution in [3.8, 4) is 0 Å². The van der Waals surface area contributed by atoms with Crippen molar-refractivity contribution < 1.29 is 18.0 Å². The number of carbonyl (C=O) groups excluding carboxylic acids is 1. The molecule has 0 aromatic heterocycles. The molecule has 2 rings (SSSR count). The highest BCUT2D eigenvalue weighted by atomic mass is 35.5. The molecule has 0 aliphatic carbocycles. The topological polar surface area (TPSA) is 41.1 Å². The summed E-state index contributed by atoms with van der Waals surface area (Å²) >= 11 is 0. The molecule has 1 aliphatic heterocycles. The summed E-state index contributed by atoms with van der Waals surface area (Å²) in [4.78, 5) is 11.9. The maximum absolute atomic E-state index is 13.2. The van der Waals surface area contributed by atoms with Crippen LogP contribution in [0.25, 0.3) is 0 Å². The zero-order valence-corrected chi connectivity index (χ0v) is 13.3. The number of benzene rings is 1. The molecule has 0 spiro atoms. The van der Waals surface area contributed by atoms with Crippen LogP contribution in [0.3, 0.4) is 0 Å². The maximum atomic E-state index is 13.2. The van der Waals surface area contributed by atoms with Crippen LogP contribution in [0.2, 0.25) is 0 Å². The molecule has 2 N–H and O–H groups in total. The fourth-order valence-corrected chi connectivity index (χ4v) is 2.34. The highest BCUT2D eigenvalue weighted by Crippen LogP contribution is 2.26. The molecule has 7 heteroatoms. The average molecular weight is 337 g/mol. The minimum absolute atomic E-state index is 0. The summed E-state index contributed by atoms with van der Waals surface area (Å²) < 4.78 is 39.4. The Morgan fingerprint density at radius 2 is 2.14 bits per heavy atom. The first-order chi connectivity index (χ1) is 9.70. The van der Waals surface area contributed by atoms with Gasteiger partial charge < -0.3 is 5.32 Å². The first kappa shape index (κ1) is 18.8. The number of halogens is 4. The van der Waals surface area contributed by atoms with Crippen LogP contribution >= 0.6 is 12.4 Å². The summed E-state index contributed by atoms with van der Waals surface area (Å²) in [6.45, 7) is 3.49. The standard InChI is InChI=1S/C15H19F3N2O.ClH/c1-14(2,10-4-3-5-11(16)6-10)8-20-13(21)12-7-15(17,18)9-19-12;/h3-6,12,19H,7-9H2,1-2H3,(H,20,21);1H. The zero-order valence-electron chi connectivity index (χ0n) is 12.5. The van der Waals surface area contributed by atoms with Crippen LogP contribution in [0.5, 0.6) is 0 Å². The first-order valence-electron chi connectivity index (χ1n) is 6.85. The molecule has 3 nitrogen and oxygen atoms in total. The third-order valence-corrected chi connectivity index (χ3v) is 3.74. The van der Waals surface area contributed by atoms with Gasteiger partial charge in [-0.2, -0.15) is 0 Å². The quantitative estimate of drug-likeness (QED) is 0.887. The Bertz CT molecular complexity index is 537. The molecule has 1 aromatic carbocycles. The van der Waals surface area contributed by atoms with Crippen LogP contribution in [0.4, 0.5) is 13.2 Å². The van der Waals surface area contributed by atoms with Gasteiger partial charge in [0.1, 0.15) is 5.82 Å². The van der Waals surface area contributed by atoms with Crippen molar-refractivity contribution in [1.29, 1.82) is 0 Å². The van der Waals surface area contributed by atoms with Gasteiger partial charge in [-0.15, -0.1) is 12.4 Å².